The van der Waals surface area contributed by atoms with Gasteiger partial charge in [-0.05, 0) is 43.2 Å². The highest BCUT2D eigenvalue weighted by molar-refractivity contribution is 8.01. The van der Waals surface area contributed by atoms with Gasteiger partial charge in [0.25, 0.3) is 5.91 Å². The van der Waals surface area contributed by atoms with Crippen molar-refractivity contribution in [1.82, 2.24) is 20.1 Å². The molecule has 2 aromatic heterocycles. The molecule has 8 nitrogen and oxygen atoms in total. The molecule has 0 saturated carbocycles. The highest BCUT2D eigenvalue weighted by Crippen LogP contribution is 2.29. The number of amides is 1. The number of rotatable bonds is 8. The van der Waals surface area contributed by atoms with E-state index in [1.54, 1.807) is 19.4 Å². The first kappa shape index (κ1) is 20.4. The third kappa shape index (κ3) is 4.82. The number of likely N-dealkylation sites (tertiary alicyclic amines) is 1. The van der Waals surface area contributed by atoms with E-state index in [2.05, 4.69) is 20.5 Å². The topological polar surface area (TPSA) is 100 Å². The van der Waals surface area contributed by atoms with Crippen LogP contribution >= 0.6 is 23.1 Å². The van der Waals surface area contributed by atoms with Crippen LogP contribution < -0.4 is 10.1 Å². The molecule has 156 valence electrons. The number of hydrogen-bond acceptors (Lipinski definition) is 8. The standard InChI is InChI=1S/C20H21N5O3S2/c1-28-15-6-4-14(5-7-15)22-19-23-24-20(30-19)29-12-17(26)13-10-16(21-11-13)18(27)25-8-2-3-9-25/h4-7,10-11,21H,2-3,8-9,12H2,1H3,(H,22,23). The average Bonchev–Trinajstić information content (AvgIpc) is 3.54. The summed E-state index contributed by atoms with van der Waals surface area (Å²) in [4.78, 5) is 29.6. The molecule has 4 rings (SSSR count). The molecule has 3 heterocycles. The van der Waals surface area contributed by atoms with Crippen molar-refractivity contribution in [2.75, 3.05) is 31.3 Å². The van der Waals surface area contributed by atoms with Crippen LogP contribution in [0.1, 0.15) is 33.7 Å². The van der Waals surface area contributed by atoms with Crippen molar-refractivity contribution < 1.29 is 14.3 Å². The van der Waals surface area contributed by atoms with Crippen LogP contribution in [0, 0.1) is 0 Å². The number of carbonyl (C=O) groups is 2. The first-order valence-electron chi connectivity index (χ1n) is 9.50. The Labute approximate surface area is 182 Å². The summed E-state index contributed by atoms with van der Waals surface area (Å²) in [5.74, 6) is 0.906. The third-order valence-corrected chi connectivity index (χ3v) is 6.68. The zero-order valence-corrected chi connectivity index (χ0v) is 18.0. The van der Waals surface area contributed by atoms with E-state index in [1.807, 2.05) is 29.2 Å². The van der Waals surface area contributed by atoms with Gasteiger partial charge < -0.3 is 19.9 Å². The summed E-state index contributed by atoms with van der Waals surface area (Å²) < 4.78 is 5.84. The molecule has 0 radical (unpaired) electrons. The van der Waals surface area contributed by atoms with Crippen molar-refractivity contribution >= 4 is 45.6 Å². The van der Waals surface area contributed by atoms with Crippen LogP contribution in [0.5, 0.6) is 5.75 Å². The van der Waals surface area contributed by atoms with Gasteiger partial charge in [0.1, 0.15) is 11.4 Å². The number of ether oxygens (including phenoxy) is 1. The molecule has 1 aliphatic rings. The summed E-state index contributed by atoms with van der Waals surface area (Å²) in [5, 5.41) is 12.1. The van der Waals surface area contributed by atoms with Gasteiger partial charge in [0.2, 0.25) is 5.13 Å². The second-order valence-corrected chi connectivity index (χ2v) is 8.94. The van der Waals surface area contributed by atoms with E-state index in [9.17, 15) is 9.59 Å². The fourth-order valence-electron chi connectivity index (χ4n) is 3.10. The Bertz CT molecular complexity index is 1030. The van der Waals surface area contributed by atoms with Crippen molar-refractivity contribution in [3.05, 3.63) is 47.8 Å². The minimum absolute atomic E-state index is 0.0439. The van der Waals surface area contributed by atoms with E-state index in [-0.39, 0.29) is 17.4 Å². The summed E-state index contributed by atoms with van der Waals surface area (Å²) >= 11 is 2.71. The normalized spacial score (nSPS) is 13.4. The van der Waals surface area contributed by atoms with Crippen molar-refractivity contribution in [3.63, 3.8) is 0 Å². The monoisotopic (exact) mass is 443 g/mol. The lowest BCUT2D eigenvalue weighted by Crippen LogP contribution is -2.27. The van der Waals surface area contributed by atoms with Gasteiger partial charge in [0, 0.05) is 30.5 Å². The van der Waals surface area contributed by atoms with E-state index >= 15 is 0 Å². The Hall–Kier alpha value is -2.85. The Balaban J connectivity index is 1.30. The fourth-order valence-corrected chi connectivity index (χ4v) is 4.76. The molecule has 1 amide bonds. The largest absolute Gasteiger partial charge is 0.497 e. The van der Waals surface area contributed by atoms with Gasteiger partial charge in [0.05, 0.1) is 12.9 Å². The fraction of sp³-hybridized carbons (Fsp3) is 0.300. The van der Waals surface area contributed by atoms with Crippen LogP contribution in [-0.4, -0.2) is 57.7 Å². The lowest BCUT2D eigenvalue weighted by Gasteiger charge is -2.13. The molecule has 0 atom stereocenters. The smallest absolute Gasteiger partial charge is 0.270 e. The van der Waals surface area contributed by atoms with Crippen molar-refractivity contribution in [2.24, 2.45) is 0 Å². The molecule has 30 heavy (non-hydrogen) atoms. The Morgan fingerprint density at radius 2 is 2.00 bits per heavy atom. The van der Waals surface area contributed by atoms with Crippen LogP contribution in [0.3, 0.4) is 0 Å². The van der Waals surface area contributed by atoms with Crippen LogP contribution in [0.25, 0.3) is 0 Å². The van der Waals surface area contributed by atoms with Crippen LogP contribution in [0.2, 0.25) is 0 Å². The SMILES string of the molecule is COc1ccc(Nc2nnc(SCC(=O)c3c[nH]c(C(=O)N4CCCC4)c3)s2)cc1. The number of hydrogen-bond donors (Lipinski definition) is 2. The highest BCUT2D eigenvalue weighted by Gasteiger charge is 2.22. The van der Waals surface area contributed by atoms with Crippen LogP contribution in [0.4, 0.5) is 10.8 Å². The lowest BCUT2D eigenvalue weighted by molar-refractivity contribution is 0.0787. The Kier molecular flexibility index (Phi) is 6.34. The minimum atomic E-state index is -0.0587. The van der Waals surface area contributed by atoms with Gasteiger partial charge in [0.15, 0.2) is 10.1 Å². The quantitative estimate of drug-likeness (QED) is 0.403. The highest BCUT2D eigenvalue weighted by atomic mass is 32.2. The first-order valence-corrected chi connectivity index (χ1v) is 11.3. The number of ketones is 1. The maximum Gasteiger partial charge on any atom is 0.270 e. The Morgan fingerprint density at radius 1 is 1.23 bits per heavy atom. The van der Waals surface area contributed by atoms with Crippen molar-refractivity contribution in [2.45, 2.75) is 17.2 Å². The number of benzene rings is 1. The van der Waals surface area contributed by atoms with E-state index < -0.39 is 0 Å². The number of aromatic nitrogens is 3. The average molecular weight is 444 g/mol. The predicted octanol–water partition coefficient (Wildman–Crippen LogP) is 3.83. The van der Waals surface area contributed by atoms with Gasteiger partial charge in [-0.1, -0.05) is 23.1 Å². The molecule has 1 fully saturated rings. The molecule has 0 spiro atoms. The summed E-state index contributed by atoms with van der Waals surface area (Å²) in [6, 6.07) is 9.14. The summed E-state index contributed by atoms with van der Waals surface area (Å²) in [7, 11) is 1.62. The van der Waals surface area contributed by atoms with E-state index in [4.69, 9.17) is 4.74 Å². The second kappa shape index (κ2) is 9.31. The van der Waals surface area contributed by atoms with E-state index in [0.717, 1.165) is 37.4 Å². The summed E-state index contributed by atoms with van der Waals surface area (Å²) in [6.45, 7) is 1.56. The zero-order valence-electron chi connectivity index (χ0n) is 16.4. The maximum absolute atomic E-state index is 12.5. The first-order chi connectivity index (χ1) is 14.6. The van der Waals surface area contributed by atoms with Gasteiger partial charge in [-0.15, -0.1) is 10.2 Å². The molecule has 0 bridgehead atoms. The summed E-state index contributed by atoms with van der Waals surface area (Å²) in [6.07, 6.45) is 3.67. The second-order valence-electron chi connectivity index (χ2n) is 6.74. The molecular weight excluding hydrogens is 422 g/mol. The molecule has 1 aliphatic heterocycles. The van der Waals surface area contributed by atoms with Gasteiger partial charge in [-0.2, -0.15) is 0 Å². The lowest BCUT2D eigenvalue weighted by atomic mass is 10.2. The number of carbonyl (C=O) groups excluding carboxylic acids is 2. The molecule has 10 heteroatoms. The number of H-pyrrole nitrogens is 1. The predicted molar refractivity (Wildman–Crippen MR) is 117 cm³/mol. The van der Waals surface area contributed by atoms with E-state index in [0.29, 0.717) is 20.7 Å². The summed E-state index contributed by atoms with van der Waals surface area (Å²) in [5.41, 5.74) is 1.85. The minimum Gasteiger partial charge on any atom is -0.497 e. The van der Waals surface area contributed by atoms with Gasteiger partial charge in [-0.25, -0.2) is 0 Å². The van der Waals surface area contributed by atoms with Gasteiger partial charge in [-0.3, -0.25) is 9.59 Å². The molecule has 1 saturated heterocycles. The van der Waals surface area contributed by atoms with Crippen LogP contribution in [-0.2, 0) is 0 Å². The molecule has 1 aromatic carbocycles. The van der Waals surface area contributed by atoms with Gasteiger partial charge >= 0.3 is 0 Å². The van der Waals surface area contributed by atoms with Crippen molar-refractivity contribution in [1.29, 1.82) is 0 Å². The molecule has 0 aliphatic carbocycles. The molecule has 3 aromatic rings. The van der Waals surface area contributed by atoms with E-state index in [1.165, 1.54) is 23.1 Å². The van der Waals surface area contributed by atoms with Crippen LogP contribution in [0.15, 0.2) is 40.9 Å². The van der Waals surface area contributed by atoms with Crippen molar-refractivity contribution in [3.8, 4) is 5.75 Å². The number of nitrogens with one attached hydrogen (secondary N) is 2. The Morgan fingerprint density at radius 3 is 2.73 bits per heavy atom. The third-order valence-electron chi connectivity index (χ3n) is 4.70. The number of anilines is 2. The molecule has 0 unspecified atom stereocenters. The number of aromatic amines is 1. The number of Topliss-reactive ketones (excluding diaryl/α,β-unsaturated/α-hetero) is 1. The maximum atomic E-state index is 12.5. The number of thioether (sulfide) groups is 1. The zero-order chi connectivity index (χ0) is 20.9. The number of nitrogens with zero attached hydrogens (tertiary/aromatic N) is 3. The molecule has 2 N–H and O–H groups in total. The number of methoxy groups -OCH3 is 1. The molecular formula is C20H21N5O3S2.